The fraction of sp³-hybridized carbons (Fsp3) is 0.579. The Kier molecular flexibility index (Phi) is 6.36. The van der Waals surface area contributed by atoms with Crippen LogP contribution in [0, 0.1) is 5.92 Å². The van der Waals surface area contributed by atoms with E-state index in [1.54, 1.807) is 18.2 Å². The molecule has 9 heteroatoms. The van der Waals surface area contributed by atoms with Crippen LogP contribution in [0.5, 0.6) is 0 Å². The number of fused-ring (bicyclic) bond motifs is 1. The second kappa shape index (κ2) is 8.42. The molecule has 1 atom stereocenters. The Hall–Kier alpha value is -1.58. The number of amides is 2. The Labute approximate surface area is 170 Å². The number of carbonyl (C=O) groups is 2. The molecule has 0 saturated carbocycles. The van der Waals surface area contributed by atoms with Gasteiger partial charge in [0, 0.05) is 35.7 Å². The molecule has 1 aromatic carbocycles. The molecule has 28 heavy (non-hydrogen) atoms. The summed E-state index contributed by atoms with van der Waals surface area (Å²) in [6.07, 6.45) is 1.72. The standard InChI is InChI=1S/C19H27N3O4S2/c1-13(2)20-18(23)11-22-16-10-15(28(25,26)21-8-4-5-9-21)6-7-17(16)27-12-14(3)19(22)24/h6-7,10,13-14H,4-5,8-9,11-12H2,1-3H3,(H,20,23)/t14-/m0/s1. The van der Waals surface area contributed by atoms with Crippen LogP contribution in [0.3, 0.4) is 0 Å². The van der Waals surface area contributed by atoms with E-state index in [2.05, 4.69) is 5.32 Å². The van der Waals surface area contributed by atoms with Gasteiger partial charge in [0.15, 0.2) is 0 Å². The van der Waals surface area contributed by atoms with Crippen molar-refractivity contribution in [1.82, 2.24) is 9.62 Å². The van der Waals surface area contributed by atoms with Gasteiger partial charge in [-0.05, 0) is 44.9 Å². The van der Waals surface area contributed by atoms with Crippen molar-refractivity contribution in [3.05, 3.63) is 18.2 Å². The Morgan fingerprint density at radius 1 is 1.29 bits per heavy atom. The second-order valence-electron chi connectivity index (χ2n) is 7.60. The minimum Gasteiger partial charge on any atom is -0.352 e. The zero-order chi connectivity index (χ0) is 20.5. The molecule has 1 aromatic rings. The predicted molar refractivity (Wildman–Crippen MR) is 110 cm³/mol. The molecule has 0 unspecified atom stereocenters. The van der Waals surface area contributed by atoms with E-state index in [-0.39, 0.29) is 35.2 Å². The molecule has 2 aliphatic rings. The molecular formula is C19H27N3O4S2. The zero-order valence-corrected chi connectivity index (χ0v) is 18.1. The topological polar surface area (TPSA) is 86.8 Å². The van der Waals surface area contributed by atoms with Crippen molar-refractivity contribution in [3.63, 3.8) is 0 Å². The van der Waals surface area contributed by atoms with Crippen LogP contribution in [0.4, 0.5) is 5.69 Å². The van der Waals surface area contributed by atoms with E-state index in [1.165, 1.54) is 21.0 Å². The van der Waals surface area contributed by atoms with Gasteiger partial charge in [-0.15, -0.1) is 11.8 Å². The van der Waals surface area contributed by atoms with E-state index in [0.29, 0.717) is 24.5 Å². The van der Waals surface area contributed by atoms with Gasteiger partial charge in [0.25, 0.3) is 0 Å². The molecule has 1 fully saturated rings. The summed E-state index contributed by atoms with van der Waals surface area (Å²) in [6.45, 7) is 6.46. The van der Waals surface area contributed by atoms with Crippen molar-refractivity contribution in [3.8, 4) is 0 Å². The van der Waals surface area contributed by atoms with Gasteiger partial charge in [0.05, 0.1) is 10.6 Å². The number of carbonyl (C=O) groups excluding carboxylic acids is 2. The van der Waals surface area contributed by atoms with Gasteiger partial charge >= 0.3 is 0 Å². The van der Waals surface area contributed by atoms with Gasteiger partial charge in [-0.1, -0.05) is 6.92 Å². The Balaban J connectivity index is 1.99. The molecule has 3 rings (SSSR count). The summed E-state index contributed by atoms with van der Waals surface area (Å²) < 4.78 is 27.4. The van der Waals surface area contributed by atoms with Gasteiger partial charge in [-0.25, -0.2) is 8.42 Å². The highest BCUT2D eigenvalue weighted by atomic mass is 32.2. The first-order valence-corrected chi connectivity index (χ1v) is 12.0. The number of nitrogens with zero attached hydrogens (tertiary/aromatic N) is 2. The minimum absolute atomic E-state index is 0.0391. The Morgan fingerprint density at radius 3 is 2.61 bits per heavy atom. The average Bonchev–Trinajstić information content (AvgIpc) is 3.15. The maximum absolute atomic E-state index is 13.0. The van der Waals surface area contributed by atoms with Crippen molar-refractivity contribution in [1.29, 1.82) is 0 Å². The van der Waals surface area contributed by atoms with Gasteiger partial charge in [-0.2, -0.15) is 4.31 Å². The van der Waals surface area contributed by atoms with Crippen molar-refractivity contribution < 1.29 is 18.0 Å². The number of thioether (sulfide) groups is 1. The van der Waals surface area contributed by atoms with Crippen LogP contribution in [0.2, 0.25) is 0 Å². The third-order valence-corrected chi connectivity index (χ3v) is 8.07. The first-order chi connectivity index (χ1) is 13.2. The molecule has 154 valence electrons. The molecule has 0 aliphatic carbocycles. The molecule has 0 radical (unpaired) electrons. The van der Waals surface area contributed by atoms with Crippen LogP contribution in [0.1, 0.15) is 33.6 Å². The summed E-state index contributed by atoms with van der Waals surface area (Å²) in [7, 11) is -3.60. The summed E-state index contributed by atoms with van der Waals surface area (Å²) >= 11 is 1.52. The van der Waals surface area contributed by atoms with Crippen molar-refractivity contribution in [2.45, 2.75) is 49.4 Å². The third kappa shape index (κ3) is 4.36. The molecule has 2 amide bonds. The number of anilines is 1. The van der Waals surface area contributed by atoms with E-state index in [9.17, 15) is 18.0 Å². The largest absolute Gasteiger partial charge is 0.352 e. The minimum atomic E-state index is -3.60. The van der Waals surface area contributed by atoms with E-state index < -0.39 is 10.0 Å². The van der Waals surface area contributed by atoms with Crippen LogP contribution < -0.4 is 10.2 Å². The summed E-state index contributed by atoms with van der Waals surface area (Å²) in [5.74, 6) is -0.100. The lowest BCUT2D eigenvalue weighted by Crippen LogP contribution is -2.44. The lowest BCUT2D eigenvalue weighted by atomic mass is 10.1. The van der Waals surface area contributed by atoms with Crippen LogP contribution in [0.25, 0.3) is 0 Å². The van der Waals surface area contributed by atoms with Crippen molar-refractivity contribution in [2.75, 3.05) is 30.3 Å². The van der Waals surface area contributed by atoms with Crippen molar-refractivity contribution in [2.24, 2.45) is 5.92 Å². The molecule has 0 aromatic heterocycles. The lowest BCUT2D eigenvalue weighted by molar-refractivity contribution is -0.125. The predicted octanol–water partition coefficient (Wildman–Crippen LogP) is 2.07. The fourth-order valence-corrected chi connectivity index (χ4v) is 6.00. The average molecular weight is 426 g/mol. The van der Waals surface area contributed by atoms with E-state index in [4.69, 9.17) is 0 Å². The number of rotatable bonds is 5. The quantitative estimate of drug-likeness (QED) is 0.780. The number of hydrogen-bond acceptors (Lipinski definition) is 5. The van der Waals surface area contributed by atoms with Gasteiger partial charge in [0.2, 0.25) is 21.8 Å². The molecule has 1 saturated heterocycles. The zero-order valence-electron chi connectivity index (χ0n) is 16.5. The van der Waals surface area contributed by atoms with Gasteiger partial charge in [-0.3, -0.25) is 9.59 Å². The highest BCUT2D eigenvalue weighted by Gasteiger charge is 2.33. The number of benzene rings is 1. The van der Waals surface area contributed by atoms with Crippen LogP contribution in [-0.4, -0.2) is 56.0 Å². The van der Waals surface area contributed by atoms with Crippen LogP contribution in [-0.2, 0) is 19.6 Å². The number of nitrogens with one attached hydrogen (secondary N) is 1. The second-order valence-corrected chi connectivity index (χ2v) is 10.6. The van der Waals surface area contributed by atoms with Gasteiger partial charge < -0.3 is 10.2 Å². The van der Waals surface area contributed by atoms with E-state index >= 15 is 0 Å². The van der Waals surface area contributed by atoms with Crippen LogP contribution >= 0.6 is 11.8 Å². The molecule has 0 spiro atoms. The van der Waals surface area contributed by atoms with E-state index in [0.717, 1.165) is 17.7 Å². The maximum atomic E-state index is 13.0. The van der Waals surface area contributed by atoms with E-state index in [1.807, 2.05) is 20.8 Å². The molecule has 1 N–H and O–H groups in total. The highest BCUT2D eigenvalue weighted by Crippen LogP contribution is 2.38. The molecular weight excluding hydrogens is 398 g/mol. The first-order valence-electron chi connectivity index (χ1n) is 9.58. The molecule has 2 aliphatic heterocycles. The van der Waals surface area contributed by atoms with Gasteiger partial charge in [0.1, 0.15) is 6.54 Å². The van der Waals surface area contributed by atoms with Crippen molar-refractivity contribution >= 4 is 39.3 Å². The molecule has 2 heterocycles. The number of sulfonamides is 1. The SMILES string of the molecule is CC(C)NC(=O)CN1C(=O)[C@@H](C)CSc2ccc(S(=O)(=O)N3CCCC3)cc21. The smallest absolute Gasteiger partial charge is 0.243 e. The normalized spacial score (nSPS) is 20.9. The Bertz CT molecular complexity index is 864. The Morgan fingerprint density at radius 2 is 1.96 bits per heavy atom. The summed E-state index contributed by atoms with van der Waals surface area (Å²) in [6, 6.07) is 4.87. The summed E-state index contributed by atoms with van der Waals surface area (Å²) in [5.41, 5.74) is 0.499. The maximum Gasteiger partial charge on any atom is 0.243 e. The molecule has 7 nitrogen and oxygen atoms in total. The highest BCUT2D eigenvalue weighted by molar-refractivity contribution is 7.99. The number of hydrogen-bond donors (Lipinski definition) is 1. The van der Waals surface area contributed by atoms with Crippen LogP contribution in [0.15, 0.2) is 28.0 Å². The summed E-state index contributed by atoms with van der Waals surface area (Å²) in [5, 5.41) is 2.80. The fourth-order valence-electron chi connectivity index (χ4n) is 3.41. The molecule has 0 bridgehead atoms. The summed E-state index contributed by atoms with van der Waals surface area (Å²) in [4.78, 5) is 27.7. The lowest BCUT2D eigenvalue weighted by Gasteiger charge is -2.25. The first kappa shape index (κ1) is 21.1. The monoisotopic (exact) mass is 425 g/mol. The third-order valence-electron chi connectivity index (χ3n) is 4.85.